The Morgan fingerprint density at radius 1 is 0.971 bits per heavy atom. The number of H-pyrrole nitrogens is 1. The first-order chi connectivity index (χ1) is 17.0. The smallest absolute Gasteiger partial charge is 0.262 e. The van der Waals surface area contributed by atoms with Gasteiger partial charge in [-0.15, -0.1) is 0 Å². The number of rotatable bonds is 6. The molecule has 1 amide bonds. The van der Waals surface area contributed by atoms with Crippen LogP contribution >= 0.6 is 11.8 Å². The number of carbonyl (C=O) groups excluding carboxylic acids is 1. The Morgan fingerprint density at radius 3 is 2.46 bits per heavy atom. The fourth-order valence-corrected chi connectivity index (χ4v) is 4.29. The zero-order valence-corrected chi connectivity index (χ0v) is 19.7. The molecule has 7 nitrogen and oxygen atoms in total. The average Bonchev–Trinajstić information content (AvgIpc) is 3.36. The molecule has 0 aliphatic heterocycles. The predicted octanol–water partition coefficient (Wildman–Crippen LogP) is 5.61. The van der Waals surface area contributed by atoms with Crippen molar-refractivity contribution in [2.45, 2.75) is 11.7 Å². The van der Waals surface area contributed by atoms with Gasteiger partial charge in [-0.2, -0.15) is 0 Å². The van der Waals surface area contributed by atoms with E-state index in [4.69, 9.17) is 4.98 Å². The van der Waals surface area contributed by atoms with E-state index in [1.807, 2.05) is 73.1 Å². The number of phenolic OH excluding ortho intramolecular Hbond substituents is 2. The van der Waals surface area contributed by atoms with Gasteiger partial charge in [-0.05, 0) is 42.2 Å². The van der Waals surface area contributed by atoms with Gasteiger partial charge < -0.3 is 20.1 Å². The van der Waals surface area contributed by atoms with E-state index in [1.165, 1.54) is 23.9 Å². The number of aromatic amines is 1. The number of phenols is 2. The van der Waals surface area contributed by atoms with Crippen molar-refractivity contribution in [3.05, 3.63) is 96.2 Å². The summed E-state index contributed by atoms with van der Waals surface area (Å²) in [5.74, 6) is -0.757. The summed E-state index contributed by atoms with van der Waals surface area (Å²) in [6.07, 6.45) is 3.77. The van der Waals surface area contributed by atoms with Crippen molar-refractivity contribution < 1.29 is 15.0 Å². The molecule has 0 aliphatic carbocycles. The van der Waals surface area contributed by atoms with Crippen molar-refractivity contribution in [3.63, 3.8) is 0 Å². The van der Waals surface area contributed by atoms with E-state index in [0.717, 1.165) is 33.9 Å². The van der Waals surface area contributed by atoms with Crippen LogP contribution in [0.2, 0.25) is 0 Å². The van der Waals surface area contributed by atoms with Crippen LogP contribution in [0.5, 0.6) is 11.5 Å². The zero-order valence-electron chi connectivity index (χ0n) is 18.8. The van der Waals surface area contributed by atoms with Gasteiger partial charge in [-0.3, -0.25) is 4.79 Å². The Labute approximate surface area is 206 Å². The molecular formula is C27H22N4O3S. The van der Waals surface area contributed by atoms with E-state index >= 15 is 0 Å². The molecule has 0 fully saturated rings. The lowest BCUT2D eigenvalue weighted by atomic mass is 10.1. The predicted molar refractivity (Wildman–Crippen MR) is 138 cm³/mol. The van der Waals surface area contributed by atoms with Crippen LogP contribution in [0.3, 0.4) is 0 Å². The lowest BCUT2D eigenvalue weighted by molar-refractivity contribution is 0.0982. The molecule has 0 aliphatic rings. The van der Waals surface area contributed by atoms with E-state index in [9.17, 15) is 15.0 Å². The number of benzene rings is 3. The molecule has 8 heteroatoms. The van der Waals surface area contributed by atoms with Crippen molar-refractivity contribution in [1.29, 1.82) is 0 Å². The van der Waals surface area contributed by atoms with Gasteiger partial charge in [0.25, 0.3) is 5.91 Å². The molecule has 0 spiro atoms. The second-order valence-electron chi connectivity index (χ2n) is 7.92. The molecule has 2 aromatic heterocycles. The number of nitrogens with one attached hydrogen (secondary N) is 1. The monoisotopic (exact) mass is 482 g/mol. The van der Waals surface area contributed by atoms with Gasteiger partial charge in [0.05, 0.1) is 17.8 Å². The summed E-state index contributed by atoms with van der Waals surface area (Å²) in [6, 6.07) is 23.1. The van der Waals surface area contributed by atoms with Crippen molar-refractivity contribution in [2.24, 2.45) is 0 Å². The van der Waals surface area contributed by atoms with Crippen LogP contribution < -0.4 is 4.90 Å². The number of hydrogen-bond donors (Lipinski definition) is 3. The van der Waals surface area contributed by atoms with Crippen LogP contribution in [0.4, 0.5) is 5.69 Å². The van der Waals surface area contributed by atoms with Crippen LogP contribution in [0, 0.1) is 0 Å². The first kappa shape index (κ1) is 22.5. The molecule has 174 valence electrons. The topological polar surface area (TPSA) is 102 Å². The molecule has 2 heterocycles. The fourth-order valence-electron chi connectivity index (χ4n) is 3.92. The van der Waals surface area contributed by atoms with Crippen LogP contribution in [0.15, 0.2) is 90.2 Å². The largest absolute Gasteiger partial charge is 0.508 e. The minimum Gasteiger partial charge on any atom is -0.508 e. The number of anilines is 1. The number of aromatic nitrogens is 3. The summed E-state index contributed by atoms with van der Waals surface area (Å²) in [5, 5.41) is 21.6. The molecule has 3 aromatic carbocycles. The second kappa shape index (κ2) is 9.52. The van der Waals surface area contributed by atoms with Gasteiger partial charge in [-0.1, -0.05) is 54.2 Å². The van der Waals surface area contributed by atoms with Gasteiger partial charge in [0.2, 0.25) is 0 Å². The Kier molecular flexibility index (Phi) is 6.12. The number of amides is 1. The number of fused-ring (bicyclic) bond motifs is 1. The number of thioether (sulfide) groups is 1. The lowest BCUT2D eigenvalue weighted by Crippen LogP contribution is -2.30. The molecule has 5 rings (SSSR count). The Hall–Kier alpha value is -4.30. The summed E-state index contributed by atoms with van der Waals surface area (Å²) in [6.45, 7) is 0.311. The summed E-state index contributed by atoms with van der Waals surface area (Å²) in [4.78, 5) is 27.5. The van der Waals surface area contributed by atoms with Crippen molar-refractivity contribution in [1.82, 2.24) is 15.0 Å². The fraction of sp³-hybridized carbons (Fsp3) is 0.0741. The summed E-state index contributed by atoms with van der Waals surface area (Å²) < 4.78 is 0. The quantitative estimate of drug-likeness (QED) is 0.215. The number of hydrogen-bond acceptors (Lipinski definition) is 6. The number of carbonyl (C=O) groups is 1. The average molecular weight is 483 g/mol. The van der Waals surface area contributed by atoms with Gasteiger partial charge in [-0.25, -0.2) is 9.97 Å². The number of aromatic hydroxyl groups is 2. The molecular weight excluding hydrogens is 460 g/mol. The molecule has 0 bridgehead atoms. The lowest BCUT2D eigenvalue weighted by Gasteiger charge is -2.24. The maximum Gasteiger partial charge on any atom is 0.262 e. The highest BCUT2D eigenvalue weighted by Crippen LogP contribution is 2.31. The highest BCUT2D eigenvalue weighted by atomic mass is 32.2. The van der Waals surface area contributed by atoms with Crippen LogP contribution in [0.25, 0.3) is 22.3 Å². The van der Waals surface area contributed by atoms with Crippen molar-refractivity contribution in [3.8, 4) is 22.8 Å². The third-order valence-electron chi connectivity index (χ3n) is 5.67. The standard InChI is InChI=1S/C27H22N4O3S/c1-35-27-29-24(22-13-14-28-25(22)30-27)18-7-9-19(10-8-18)31(16-17-5-3-2-4-6-17)26(34)21-12-11-20(32)15-23(21)33/h2-15,32-33H,16H2,1H3,(H,28,29,30). The van der Waals surface area contributed by atoms with Gasteiger partial charge in [0.1, 0.15) is 17.1 Å². The first-order valence-corrected chi connectivity index (χ1v) is 12.1. The molecule has 5 aromatic rings. The van der Waals surface area contributed by atoms with E-state index in [2.05, 4.69) is 9.97 Å². The minimum atomic E-state index is -0.376. The first-order valence-electron chi connectivity index (χ1n) is 10.9. The van der Waals surface area contributed by atoms with E-state index in [1.54, 1.807) is 4.90 Å². The van der Waals surface area contributed by atoms with Gasteiger partial charge in [0.15, 0.2) is 5.16 Å². The van der Waals surface area contributed by atoms with E-state index < -0.39 is 0 Å². The third-order valence-corrected chi connectivity index (χ3v) is 6.22. The maximum atomic E-state index is 13.5. The van der Waals surface area contributed by atoms with Crippen LogP contribution in [0.1, 0.15) is 15.9 Å². The van der Waals surface area contributed by atoms with Crippen molar-refractivity contribution in [2.75, 3.05) is 11.2 Å². The molecule has 0 radical (unpaired) electrons. The van der Waals surface area contributed by atoms with E-state index in [0.29, 0.717) is 17.4 Å². The van der Waals surface area contributed by atoms with Gasteiger partial charge in [0, 0.05) is 28.9 Å². The third kappa shape index (κ3) is 4.56. The van der Waals surface area contributed by atoms with Crippen LogP contribution in [-0.4, -0.2) is 37.3 Å². The molecule has 0 saturated heterocycles. The zero-order chi connectivity index (χ0) is 24.4. The van der Waals surface area contributed by atoms with E-state index in [-0.39, 0.29) is 23.0 Å². The molecule has 0 unspecified atom stereocenters. The summed E-state index contributed by atoms with van der Waals surface area (Å²) in [5.41, 5.74) is 4.20. The highest BCUT2D eigenvalue weighted by molar-refractivity contribution is 7.98. The molecule has 3 N–H and O–H groups in total. The Morgan fingerprint density at radius 2 is 1.74 bits per heavy atom. The molecule has 0 saturated carbocycles. The summed E-state index contributed by atoms with van der Waals surface area (Å²) in [7, 11) is 0. The molecule has 0 atom stereocenters. The van der Waals surface area contributed by atoms with Gasteiger partial charge >= 0.3 is 0 Å². The normalized spacial score (nSPS) is 11.0. The maximum absolute atomic E-state index is 13.5. The van der Waals surface area contributed by atoms with Crippen LogP contribution in [-0.2, 0) is 6.54 Å². The minimum absolute atomic E-state index is 0.108. The SMILES string of the molecule is CSc1nc(-c2ccc(N(Cc3ccccc3)C(=O)c3ccc(O)cc3O)cc2)c2cc[nH]c2n1. The summed E-state index contributed by atoms with van der Waals surface area (Å²) >= 11 is 1.47. The Balaban J connectivity index is 1.54. The second-order valence-corrected chi connectivity index (χ2v) is 8.70. The number of nitrogens with zero attached hydrogens (tertiary/aromatic N) is 3. The highest BCUT2D eigenvalue weighted by Gasteiger charge is 2.22. The van der Waals surface area contributed by atoms with Crippen molar-refractivity contribution >= 4 is 34.4 Å². The Bertz CT molecular complexity index is 1500. The molecule has 35 heavy (non-hydrogen) atoms.